The lowest BCUT2D eigenvalue weighted by atomic mass is 9.94. The first-order valence-electron chi connectivity index (χ1n) is 46.9. The van der Waals surface area contributed by atoms with Gasteiger partial charge in [0.25, 0.3) is 0 Å². The Hall–Kier alpha value is -18.5. The molecule has 4 aromatic heterocycles. The van der Waals surface area contributed by atoms with Crippen LogP contribution in [0.25, 0.3) is 186 Å². The van der Waals surface area contributed by atoms with Crippen molar-refractivity contribution >= 4 is 199 Å². The Morgan fingerprint density at radius 1 is 0.123 bits per heavy atom. The van der Waals surface area contributed by atoms with E-state index in [4.69, 9.17) is 17.7 Å². The second-order valence-corrected chi connectivity index (χ2v) is 35.2. The van der Waals surface area contributed by atoms with Gasteiger partial charge in [0, 0.05) is 111 Å². The van der Waals surface area contributed by atoms with Crippen LogP contribution in [0.15, 0.2) is 527 Å². The van der Waals surface area contributed by atoms with Crippen molar-refractivity contribution < 1.29 is 17.7 Å². The molecule has 0 aliphatic rings. The van der Waals surface area contributed by atoms with Gasteiger partial charge in [0.15, 0.2) is 11.2 Å². The first kappa shape index (κ1) is 80.4. The maximum Gasteiger partial charge on any atom is 0.159 e. The molecule has 0 fully saturated rings. The second-order valence-electron chi connectivity index (χ2n) is 35.2. The lowest BCUT2D eigenvalue weighted by Gasteiger charge is -2.28. The minimum atomic E-state index is 0.815. The van der Waals surface area contributed by atoms with Gasteiger partial charge in [-0.25, -0.2) is 0 Å². The van der Waals surface area contributed by atoms with E-state index in [1.165, 1.54) is 38.4 Å². The summed E-state index contributed by atoms with van der Waals surface area (Å²) < 4.78 is 27.5. The van der Waals surface area contributed by atoms with Crippen molar-refractivity contribution in [2.45, 2.75) is 0 Å². The molecule has 0 radical (unpaired) electrons. The monoisotopic (exact) mass is 1760 g/mol. The number of furan rings is 4. The van der Waals surface area contributed by atoms with E-state index in [-0.39, 0.29) is 0 Å². The Morgan fingerprint density at radius 3 is 0.783 bits per heavy atom. The highest BCUT2D eigenvalue weighted by molar-refractivity contribution is 6.32. The first-order valence-corrected chi connectivity index (χ1v) is 46.9. The Bertz CT molecular complexity index is 9340. The molecule has 27 rings (SSSR count). The maximum absolute atomic E-state index is 7.14. The van der Waals surface area contributed by atoms with Crippen LogP contribution >= 0.6 is 0 Å². The van der Waals surface area contributed by atoms with Crippen molar-refractivity contribution in [3.05, 3.63) is 510 Å². The van der Waals surface area contributed by atoms with Gasteiger partial charge in [0.1, 0.15) is 33.5 Å². The van der Waals surface area contributed by atoms with Crippen molar-refractivity contribution in [2.24, 2.45) is 0 Å². The summed E-state index contributed by atoms with van der Waals surface area (Å²) in [5.74, 6) is 0. The van der Waals surface area contributed by atoms with Crippen LogP contribution in [0.5, 0.6) is 0 Å². The van der Waals surface area contributed by atoms with Crippen molar-refractivity contribution in [3.8, 4) is 55.6 Å². The summed E-state index contributed by atoms with van der Waals surface area (Å²) in [5, 5.41) is 17.9. The van der Waals surface area contributed by atoms with Gasteiger partial charge in [-0.15, -0.1) is 0 Å². The van der Waals surface area contributed by atoms with Crippen LogP contribution in [0.4, 0.5) is 68.2 Å². The molecule has 648 valence electrons. The number of hydrogen-bond acceptors (Lipinski definition) is 8. The molecule has 0 saturated carbocycles. The van der Waals surface area contributed by atoms with Crippen LogP contribution in [-0.4, -0.2) is 0 Å². The predicted octanol–water partition coefficient (Wildman–Crippen LogP) is 37.8. The fraction of sp³-hybridized carbons (Fsp3) is 0. The fourth-order valence-corrected chi connectivity index (χ4v) is 21.0. The predicted molar refractivity (Wildman–Crippen MR) is 578 cm³/mol. The quantitative estimate of drug-likeness (QED) is 0.0836. The standard InChI is InChI=1S/C68H44N2O2.C62H40N2O2/c1-4-19-46(20-5-1)52-25-12-15-31-61(52)69(49-23-8-3-9-24-49)50-38-35-45(36-39-50)48-37-41-58-60(43-48)54-27-10-11-29-56(54)66-59-42-40-51(44-65(59)72-68(58)66)70(62-32-16-13-26-53(62)47-21-6-2-7-22-47)63-33-18-30-57-55-28-14-17-34-64(55)71-67(57)63;1-4-17-42(18-5-1)48-23-12-14-28-56(48)63(44-19-6-2-7-20-44)46-34-31-41(32-35-46)43-33-37-53-55(39-43)49-24-10-11-26-51(49)60-54-38-36-47(40-59(54)66-62(53)60)64(45-21-8-3-9-22-45)57-29-16-27-52-50-25-13-15-30-58(50)65-61(52)57/h1-44H;1-40H. The number of hydrogen-bond donors (Lipinski definition) is 0. The average Bonchev–Trinajstić information content (AvgIpc) is 1.58. The van der Waals surface area contributed by atoms with Crippen LogP contribution in [-0.2, 0) is 0 Å². The molecular weight excluding hydrogens is 1680 g/mol. The molecule has 0 spiro atoms. The molecule has 23 aromatic carbocycles. The van der Waals surface area contributed by atoms with E-state index in [0.29, 0.717) is 0 Å². The highest BCUT2D eigenvalue weighted by Gasteiger charge is 2.29. The van der Waals surface area contributed by atoms with Crippen molar-refractivity contribution in [3.63, 3.8) is 0 Å². The smallest absolute Gasteiger partial charge is 0.159 e. The highest BCUT2D eigenvalue weighted by Crippen LogP contribution is 2.53. The summed E-state index contributed by atoms with van der Waals surface area (Å²) in [6.07, 6.45) is 0. The number of fused-ring (bicyclic) bond motifs is 22. The molecule has 0 N–H and O–H groups in total. The average molecular weight is 1770 g/mol. The Morgan fingerprint density at radius 2 is 0.384 bits per heavy atom. The molecule has 0 amide bonds. The number of anilines is 12. The van der Waals surface area contributed by atoms with Crippen LogP contribution in [0.3, 0.4) is 0 Å². The van der Waals surface area contributed by atoms with Crippen molar-refractivity contribution in [2.75, 3.05) is 19.6 Å². The molecule has 0 saturated heterocycles. The molecule has 0 unspecified atom stereocenters. The lowest BCUT2D eigenvalue weighted by Crippen LogP contribution is -2.11. The molecule has 27 aromatic rings. The number of nitrogens with zero attached hydrogens (tertiary/aromatic N) is 4. The summed E-state index contributed by atoms with van der Waals surface area (Å²) in [6.45, 7) is 0. The van der Waals surface area contributed by atoms with E-state index >= 15 is 0 Å². The zero-order chi connectivity index (χ0) is 91.1. The van der Waals surface area contributed by atoms with E-state index in [2.05, 4.69) is 505 Å². The SMILES string of the molecule is c1ccc(-c2ccccc2N(c2ccccc2)c2ccc(-c3ccc4c(c3)c3ccccc3c3c5ccc(N(c6ccccc6)c6cccc7c6oc6ccccc67)cc5oc43)cc2)cc1.c1ccc(-c2ccccc2N(c2ccccc2)c2ccc(-c3ccc4c(c3)c3ccccc3c3c5ccc(N(c6ccccc6-c6ccccc6)c6cccc7c6oc6ccccc67)cc5oc43)cc2)cc1. The van der Waals surface area contributed by atoms with Crippen LogP contribution in [0.1, 0.15) is 0 Å². The zero-order valence-corrected chi connectivity index (χ0v) is 74.9. The van der Waals surface area contributed by atoms with Gasteiger partial charge in [-0.2, -0.15) is 0 Å². The van der Waals surface area contributed by atoms with E-state index < -0.39 is 0 Å². The third-order valence-electron chi connectivity index (χ3n) is 27.3. The molecule has 0 atom stereocenters. The third kappa shape index (κ3) is 13.9. The van der Waals surface area contributed by atoms with Gasteiger partial charge in [0.05, 0.1) is 39.8 Å². The zero-order valence-electron chi connectivity index (χ0n) is 74.9. The first-order chi connectivity index (χ1) is 68.5. The van der Waals surface area contributed by atoms with E-state index in [1.54, 1.807) is 0 Å². The number of benzene rings is 23. The summed E-state index contributed by atoms with van der Waals surface area (Å²) in [5.41, 5.74) is 30.9. The molecular formula is C130H84N4O4. The minimum absolute atomic E-state index is 0.815. The summed E-state index contributed by atoms with van der Waals surface area (Å²) in [7, 11) is 0. The van der Waals surface area contributed by atoms with Crippen LogP contribution in [0.2, 0.25) is 0 Å². The van der Waals surface area contributed by atoms with Gasteiger partial charge in [-0.1, -0.05) is 346 Å². The number of para-hydroxylation sites is 10. The van der Waals surface area contributed by atoms with Crippen LogP contribution < -0.4 is 19.6 Å². The molecule has 138 heavy (non-hydrogen) atoms. The maximum atomic E-state index is 7.14. The highest BCUT2D eigenvalue weighted by atomic mass is 16.3. The Balaban J connectivity index is 0.000000143. The van der Waals surface area contributed by atoms with E-state index in [9.17, 15) is 0 Å². The summed E-state index contributed by atoms with van der Waals surface area (Å²) in [6, 6.07) is 181. The third-order valence-corrected chi connectivity index (χ3v) is 27.3. The fourth-order valence-electron chi connectivity index (χ4n) is 21.0. The topological polar surface area (TPSA) is 65.5 Å². The molecule has 0 aliphatic heterocycles. The molecule has 0 bridgehead atoms. The normalized spacial score (nSPS) is 11.6. The molecule has 4 heterocycles. The largest absolute Gasteiger partial charge is 0.455 e. The van der Waals surface area contributed by atoms with E-state index in [0.717, 1.165) is 216 Å². The molecule has 8 heteroatoms. The van der Waals surface area contributed by atoms with Crippen LogP contribution in [0, 0.1) is 0 Å². The lowest BCUT2D eigenvalue weighted by molar-refractivity contribution is 0.668. The number of rotatable bonds is 17. The Kier molecular flexibility index (Phi) is 19.8. The van der Waals surface area contributed by atoms with Crippen molar-refractivity contribution in [1.82, 2.24) is 0 Å². The van der Waals surface area contributed by atoms with Crippen molar-refractivity contribution in [1.29, 1.82) is 0 Å². The van der Waals surface area contributed by atoms with E-state index in [1.807, 2.05) is 24.3 Å². The van der Waals surface area contributed by atoms with Gasteiger partial charge in [0.2, 0.25) is 0 Å². The summed E-state index contributed by atoms with van der Waals surface area (Å²) in [4.78, 5) is 9.30. The van der Waals surface area contributed by atoms with Gasteiger partial charge >= 0.3 is 0 Å². The summed E-state index contributed by atoms with van der Waals surface area (Å²) >= 11 is 0. The van der Waals surface area contributed by atoms with Gasteiger partial charge in [-0.3, -0.25) is 0 Å². The Labute approximate surface area is 796 Å². The van der Waals surface area contributed by atoms with Gasteiger partial charge < -0.3 is 37.3 Å². The molecule has 8 nitrogen and oxygen atoms in total. The molecule has 0 aliphatic carbocycles. The second kappa shape index (κ2) is 34.0. The minimum Gasteiger partial charge on any atom is -0.455 e. The van der Waals surface area contributed by atoms with Gasteiger partial charge in [-0.05, 0) is 223 Å².